The minimum absolute atomic E-state index is 0.0385. The van der Waals surface area contributed by atoms with Gasteiger partial charge in [0.15, 0.2) is 0 Å². The molecule has 0 aliphatic heterocycles. The lowest BCUT2D eigenvalue weighted by molar-refractivity contribution is 0.0827. The summed E-state index contributed by atoms with van der Waals surface area (Å²) in [6.45, 7) is 0. The molecule has 0 heterocycles. The first kappa shape index (κ1) is 17.6. The van der Waals surface area contributed by atoms with Crippen LogP contribution in [0, 0.1) is 0 Å². The molecule has 122 valence electrons. The van der Waals surface area contributed by atoms with Crippen LogP contribution in [0.4, 0.5) is 5.69 Å². The van der Waals surface area contributed by atoms with Crippen molar-refractivity contribution in [3.05, 3.63) is 58.1 Å². The van der Waals surface area contributed by atoms with Crippen molar-refractivity contribution in [3.8, 4) is 0 Å². The topological polar surface area (TPSA) is 66.5 Å². The van der Waals surface area contributed by atoms with Gasteiger partial charge in [0.2, 0.25) is 0 Å². The van der Waals surface area contributed by atoms with E-state index in [-0.39, 0.29) is 20.8 Å². The summed E-state index contributed by atoms with van der Waals surface area (Å²) in [5.41, 5.74) is 0.792. The van der Waals surface area contributed by atoms with Crippen molar-refractivity contribution >= 4 is 44.8 Å². The van der Waals surface area contributed by atoms with E-state index in [4.69, 9.17) is 23.2 Å². The third-order valence-electron chi connectivity index (χ3n) is 2.94. The van der Waals surface area contributed by atoms with Gasteiger partial charge in [-0.2, -0.15) is 0 Å². The largest absolute Gasteiger partial charge is 0.345 e. The molecule has 0 saturated carbocycles. The number of nitrogens with one attached hydrogen (secondary N) is 1. The average Bonchev–Trinajstić information content (AvgIpc) is 2.46. The molecule has 1 amide bonds. The molecule has 0 aromatic heterocycles. The van der Waals surface area contributed by atoms with Crippen LogP contribution in [0.15, 0.2) is 47.4 Å². The fourth-order valence-electron chi connectivity index (χ4n) is 1.84. The third kappa shape index (κ3) is 4.37. The van der Waals surface area contributed by atoms with Gasteiger partial charge in [-0.1, -0.05) is 23.2 Å². The SMILES string of the molecule is CN(C)C(=O)c1ccc(NS(=O)(=O)c2cc(Cl)cc(Cl)c2)cc1. The molecule has 0 unspecified atom stereocenters. The fraction of sp³-hybridized carbons (Fsp3) is 0.133. The van der Waals surface area contributed by atoms with Gasteiger partial charge in [0.1, 0.15) is 0 Å². The molecule has 1 N–H and O–H groups in total. The number of amides is 1. The number of rotatable bonds is 4. The Hall–Kier alpha value is -1.76. The van der Waals surface area contributed by atoms with Crippen LogP contribution in [0.25, 0.3) is 0 Å². The maximum absolute atomic E-state index is 12.3. The van der Waals surface area contributed by atoms with E-state index in [0.717, 1.165) is 0 Å². The number of sulfonamides is 1. The number of anilines is 1. The monoisotopic (exact) mass is 372 g/mol. The summed E-state index contributed by atoms with van der Waals surface area (Å²) in [6, 6.07) is 10.2. The van der Waals surface area contributed by atoms with Crippen molar-refractivity contribution < 1.29 is 13.2 Å². The van der Waals surface area contributed by atoms with Gasteiger partial charge in [0.25, 0.3) is 15.9 Å². The van der Waals surface area contributed by atoms with Gasteiger partial charge in [-0.25, -0.2) is 8.42 Å². The van der Waals surface area contributed by atoms with Crippen LogP contribution in [0.2, 0.25) is 10.0 Å². The number of halogens is 2. The van der Waals surface area contributed by atoms with Gasteiger partial charge < -0.3 is 4.90 Å². The number of carbonyl (C=O) groups excluding carboxylic acids is 1. The Labute approximate surface area is 144 Å². The molecule has 0 aliphatic carbocycles. The lowest BCUT2D eigenvalue weighted by atomic mass is 10.2. The zero-order valence-corrected chi connectivity index (χ0v) is 14.7. The van der Waals surface area contributed by atoms with Crippen LogP contribution in [0.1, 0.15) is 10.4 Å². The van der Waals surface area contributed by atoms with E-state index in [0.29, 0.717) is 11.3 Å². The van der Waals surface area contributed by atoms with E-state index >= 15 is 0 Å². The van der Waals surface area contributed by atoms with E-state index in [1.165, 1.54) is 35.2 Å². The number of carbonyl (C=O) groups is 1. The fourth-order valence-corrected chi connectivity index (χ4v) is 3.62. The lowest BCUT2D eigenvalue weighted by Gasteiger charge is -2.12. The molecular formula is C15H14Cl2N2O3S. The molecule has 0 saturated heterocycles. The van der Waals surface area contributed by atoms with E-state index in [2.05, 4.69) is 4.72 Å². The second-order valence-corrected chi connectivity index (χ2v) is 7.54. The highest BCUT2D eigenvalue weighted by Crippen LogP contribution is 2.24. The number of benzene rings is 2. The molecule has 0 bridgehead atoms. The van der Waals surface area contributed by atoms with Gasteiger partial charge in [-0.3, -0.25) is 9.52 Å². The number of hydrogen-bond acceptors (Lipinski definition) is 3. The van der Waals surface area contributed by atoms with Crippen molar-refractivity contribution in [3.63, 3.8) is 0 Å². The zero-order chi connectivity index (χ0) is 17.2. The van der Waals surface area contributed by atoms with Gasteiger partial charge in [-0.05, 0) is 42.5 Å². The summed E-state index contributed by atoms with van der Waals surface area (Å²) in [7, 11) is -0.541. The molecule has 8 heteroatoms. The van der Waals surface area contributed by atoms with E-state index < -0.39 is 10.0 Å². The Morgan fingerprint density at radius 2 is 1.52 bits per heavy atom. The van der Waals surface area contributed by atoms with Crippen LogP contribution in [-0.2, 0) is 10.0 Å². The van der Waals surface area contributed by atoms with Crippen molar-refractivity contribution in [1.29, 1.82) is 0 Å². The first-order chi connectivity index (χ1) is 10.7. The molecule has 0 aliphatic rings. The van der Waals surface area contributed by atoms with Gasteiger partial charge in [-0.15, -0.1) is 0 Å². The summed E-state index contributed by atoms with van der Waals surface area (Å²) in [6.07, 6.45) is 0. The number of hydrogen-bond donors (Lipinski definition) is 1. The second kappa shape index (κ2) is 6.78. The minimum atomic E-state index is -3.82. The standard InChI is InChI=1S/C15H14Cl2N2O3S/c1-19(2)15(20)10-3-5-13(6-4-10)18-23(21,22)14-8-11(16)7-12(17)9-14/h3-9,18H,1-2H3. The summed E-state index contributed by atoms with van der Waals surface area (Å²) in [5.74, 6) is -0.166. The van der Waals surface area contributed by atoms with Crippen molar-refractivity contribution in [2.75, 3.05) is 18.8 Å². The van der Waals surface area contributed by atoms with E-state index in [9.17, 15) is 13.2 Å². The smallest absolute Gasteiger partial charge is 0.261 e. The Balaban J connectivity index is 2.25. The van der Waals surface area contributed by atoms with E-state index in [1.54, 1.807) is 26.2 Å². The van der Waals surface area contributed by atoms with Gasteiger partial charge >= 0.3 is 0 Å². The predicted molar refractivity (Wildman–Crippen MR) is 91.7 cm³/mol. The quantitative estimate of drug-likeness (QED) is 0.892. The Morgan fingerprint density at radius 3 is 2.00 bits per heavy atom. The molecule has 5 nitrogen and oxygen atoms in total. The maximum atomic E-state index is 12.3. The van der Waals surface area contributed by atoms with Crippen molar-refractivity contribution in [2.24, 2.45) is 0 Å². The second-order valence-electron chi connectivity index (χ2n) is 4.99. The third-order valence-corrected chi connectivity index (χ3v) is 4.73. The van der Waals surface area contributed by atoms with Gasteiger partial charge in [0.05, 0.1) is 4.90 Å². The molecular weight excluding hydrogens is 359 g/mol. The Morgan fingerprint density at radius 1 is 1.00 bits per heavy atom. The highest BCUT2D eigenvalue weighted by atomic mass is 35.5. The normalized spacial score (nSPS) is 11.1. The summed E-state index contributed by atoms with van der Waals surface area (Å²) in [5, 5.41) is 0.453. The van der Waals surface area contributed by atoms with Crippen LogP contribution in [0.5, 0.6) is 0 Å². The Kier molecular flexibility index (Phi) is 5.19. The summed E-state index contributed by atoms with van der Waals surface area (Å²) < 4.78 is 27.1. The van der Waals surface area contributed by atoms with Crippen LogP contribution >= 0.6 is 23.2 Å². The van der Waals surface area contributed by atoms with Crippen LogP contribution in [0.3, 0.4) is 0 Å². The zero-order valence-electron chi connectivity index (χ0n) is 12.4. The number of nitrogens with zero attached hydrogens (tertiary/aromatic N) is 1. The van der Waals surface area contributed by atoms with Gasteiger partial charge in [0, 0.05) is 35.4 Å². The maximum Gasteiger partial charge on any atom is 0.261 e. The molecule has 2 aromatic carbocycles. The molecule has 2 rings (SSSR count). The summed E-state index contributed by atoms with van der Waals surface area (Å²) >= 11 is 11.7. The molecule has 0 radical (unpaired) electrons. The highest BCUT2D eigenvalue weighted by Gasteiger charge is 2.16. The molecule has 2 aromatic rings. The highest BCUT2D eigenvalue weighted by molar-refractivity contribution is 7.92. The van der Waals surface area contributed by atoms with Crippen molar-refractivity contribution in [2.45, 2.75) is 4.90 Å². The van der Waals surface area contributed by atoms with Crippen LogP contribution in [-0.4, -0.2) is 33.3 Å². The predicted octanol–water partition coefficient (Wildman–Crippen LogP) is 3.50. The summed E-state index contributed by atoms with van der Waals surface area (Å²) in [4.78, 5) is 13.2. The Bertz CT molecular complexity index is 814. The molecule has 0 fully saturated rings. The molecule has 0 spiro atoms. The van der Waals surface area contributed by atoms with Crippen LogP contribution < -0.4 is 4.72 Å². The van der Waals surface area contributed by atoms with E-state index in [1.807, 2.05) is 0 Å². The molecule has 23 heavy (non-hydrogen) atoms. The minimum Gasteiger partial charge on any atom is -0.345 e. The lowest BCUT2D eigenvalue weighted by Crippen LogP contribution is -2.21. The molecule has 0 atom stereocenters. The first-order valence-corrected chi connectivity index (χ1v) is 8.73. The van der Waals surface area contributed by atoms with Crippen molar-refractivity contribution in [1.82, 2.24) is 4.90 Å². The average molecular weight is 373 g/mol. The first-order valence-electron chi connectivity index (χ1n) is 6.50.